The molecule has 2 aromatic carbocycles. The molecule has 0 saturated carbocycles. The van der Waals surface area contributed by atoms with Crippen LogP contribution in [0.2, 0.25) is 0 Å². The molecule has 0 spiro atoms. The van der Waals surface area contributed by atoms with Crippen molar-refractivity contribution in [3.63, 3.8) is 0 Å². The molecule has 0 fully saturated rings. The van der Waals surface area contributed by atoms with E-state index in [1.54, 1.807) is 19.1 Å². The van der Waals surface area contributed by atoms with E-state index in [2.05, 4.69) is 21.2 Å². The number of carbonyl (C=O) groups excluding carboxylic acids is 2. The Morgan fingerprint density at radius 3 is 2.67 bits per heavy atom. The van der Waals surface area contributed by atoms with Crippen LogP contribution in [0.4, 0.5) is 10.1 Å². The van der Waals surface area contributed by atoms with Crippen LogP contribution < -0.4 is 5.32 Å². The van der Waals surface area contributed by atoms with E-state index in [0.717, 1.165) is 6.07 Å². The molecule has 0 radical (unpaired) electrons. The van der Waals surface area contributed by atoms with E-state index in [1.165, 1.54) is 29.2 Å². The van der Waals surface area contributed by atoms with E-state index in [9.17, 15) is 24.1 Å². The van der Waals surface area contributed by atoms with Crippen LogP contribution in [0, 0.1) is 15.9 Å². The third-order valence-corrected chi connectivity index (χ3v) is 4.32. The highest BCUT2D eigenvalue weighted by atomic mass is 79.9. The number of nitro groups is 1. The van der Waals surface area contributed by atoms with Gasteiger partial charge in [-0.15, -0.1) is 0 Å². The summed E-state index contributed by atoms with van der Waals surface area (Å²) in [5.41, 5.74) is 0.219. The molecule has 0 heterocycles. The van der Waals surface area contributed by atoms with Crippen LogP contribution in [0.25, 0.3) is 0 Å². The van der Waals surface area contributed by atoms with Crippen molar-refractivity contribution in [2.75, 3.05) is 13.1 Å². The number of nitro benzene ring substituents is 1. The summed E-state index contributed by atoms with van der Waals surface area (Å²) in [6.45, 7) is 1.84. The molecule has 0 aliphatic heterocycles. The molecule has 7 nitrogen and oxygen atoms in total. The molecule has 0 bridgehead atoms. The van der Waals surface area contributed by atoms with Crippen LogP contribution in [0.15, 0.2) is 46.9 Å². The van der Waals surface area contributed by atoms with E-state index in [1.807, 2.05) is 0 Å². The maximum atomic E-state index is 13.9. The Bertz CT molecular complexity index is 875. The summed E-state index contributed by atoms with van der Waals surface area (Å²) in [6.07, 6.45) is 0. The Morgan fingerprint density at radius 1 is 1.26 bits per heavy atom. The molecule has 1 N–H and O–H groups in total. The summed E-state index contributed by atoms with van der Waals surface area (Å²) in [5, 5.41) is 13.2. The van der Waals surface area contributed by atoms with Crippen LogP contribution in [-0.4, -0.2) is 34.7 Å². The van der Waals surface area contributed by atoms with Gasteiger partial charge in [0.1, 0.15) is 5.82 Å². The Balaban J connectivity index is 2.00. The Hall–Kier alpha value is -2.81. The quantitative estimate of drug-likeness (QED) is 0.531. The van der Waals surface area contributed by atoms with Crippen molar-refractivity contribution in [3.05, 3.63) is 74.0 Å². The van der Waals surface area contributed by atoms with Crippen molar-refractivity contribution in [3.8, 4) is 0 Å². The summed E-state index contributed by atoms with van der Waals surface area (Å²) in [5.74, 6) is -1.42. The Morgan fingerprint density at radius 2 is 2.00 bits per heavy atom. The van der Waals surface area contributed by atoms with Gasteiger partial charge in [0.15, 0.2) is 0 Å². The molecule has 0 unspecified atom stereocenters. The number of amides is 2. The molecule has 0 aliphatic rings. The molecular formula is C18H17BrFN3O4. The number of hydrogen-bond acceptors (Lipinski definition) is 4. The first-order valence-electron chi connectivity index (χ1n) is 8.06. The standard InChI is InChI=1S/C18H17BrFN3O4/c1-2-22(11-13-8-14(19)6-7-16(13)20)17(24)10-21-18(25)12-4-3-5-15(9-12)23(26)27/h3-9H,2,10-11H2,1H3,(H,21,25). The van der Waals surface area contributed by atoms with Crippen LogP contribution in [0.3, 0.4) is 0 Å². The van der Waals surface area contributed by atoms with Gasteiger partial charge in [0.2, 0.25) is 5.91 Å². The minimum atomic E-state index is -0.604. The van der Waals surface area contributed by atoms with Crippen molar-refractivity contribution in [1.29, 1.82) is 0 Å². The fourth-order valence-corrected chi connectivity index (χ4v) is 2.79. The van der Waals surface area contributed by atoms with Crippen molar-refractivity contribution in [2.24, 2.45) is 0 Å². The lowest BCUT2D eigenvalue weighted by Crippen LogP contribution is -2.39. The smallest absolute Gasteiger partial charge is 0.270 e. The first-order chi connectivity index (χ1) is 12.8. The van der Waals surface area contributed by atoms with Gasteiger partial charge in [0.05, 0.1) is 11.5 Å². The molecule has 27 heavy (non-hydrogen) atoms. The van der Waals surface area contributed by atoms with Crippen LogP contribution in [-0.2, 0) is 11.3 Å². The molecular weight excluding hydrogens is 421 g/mol. The number of likely N-dealkylation sites (N-methyl/N-ethyl adjacent to an activating group) is 1. The monoisotopic (exact) mass is 437 g/mol. The molecule has 142 valence electrons. The molecule has 0 aliphatic carbocycles. The minimum absolute atomic E-state index is 0.0628. The van der Waals surface area contributed by atoms with E-state index in [-0.39, 0.29) is 24.3 Å². The Labute approximate surface area is 163 Å². The lowest BCUT2D eigenvalue weighted by Gasteiger charge is -2.21. The SMILES string of the molecule is CCN(Cc1cc(Br)ccc1F)C(=O)CNC(=O)c1cccc([N+](=O)[O-])c1. The molecule has 0 atom stereocenters. The zero-order valence-corrected chi connectivity index (χ0v) is 16.0. The van der Waals surface area contributed by atoms with Crippen LogP contribution in [0.5, 0.6) is 0 Å². The molecule has 2 amide bonds. The van der Waals surface area contributed by atoms with Crippen molar-refractivity contribution in [1.82, 2.24) is 10.2 Å². The van der Waals surface area contributed by atoms with Crippen LogP contribution >= 0.6 is 15.9 Å². The normalized spacial score (nSPS) is 10.3. The second-order valence-electron chi connectivity index (χ2n) is 5.63. The highest BCUT2D eigenvalue weighted by Gasteiger charge is 2.17. The number of rotatable bonds is 7. The van der Waals surface area contributed by atoms with Gasteiger partial charge in [-0.2, -0.15) is 0 Å². The van der Waals surface area contributed by atoms with E-state index in [4.69, 9.17) is 0 Å². The third-order valence-electron chi connectivity index (χ3n) is 3.82. The zero-order valence-electron chi connectivity index (χ0n) is 14.4. The molecule has 9 heteroatoms. The number of hydrogen-bond donors (Lipinski definition) is 1. The molecule has 0 saturated heterocycles. The fraction of sp³-hybridized carbons (Fsp3) is 0.222. The Kier molecular flexibility index (Phi) is 7.00. The van der Waals surface area contributed by atoms with Gasteiger partial charge in [0, 0.05) is 40.8 Å². The first kappa shape index (κ1) is 20.5. The first-order valence-corrected chi connectivity index (χ1v) is 8.85. The van der Waals surface area contributed by atoms with Gasteiger partial charge in [0.25, 0.3) is 11.6 Å². The van der Waals surface area contributed by atoms with Crippen molar-refractivity contribution >= 4 is 33.4 Å². The molecule has 2 aromatic rings. The largest absolute Gasteiger partial charge is 0.343 e. The molecule has 2 rings (SSSR count). The minimum Gasteiger partial charge on any atom is -0.343 e. The summed E-state index contributed by atoms with van der Waals surface area (Å²) >= 11 is 3.26. The second kappa shape index (κ2) is 9.22. The predicted octanol–water partition coefficient (Wildman–Crippen LogP) is 3.27. The maximum absolute atomic E-state index is 13.9. The highest BCUT2D eigenvalue weighted by molar-refractivity contribution is 9.10. The number of non-ortho nitro benzene ring substituents is 1. The van der Waals surface area contributed by atoms with Gasteiger partial charge < -0.3 is 10.2 Å². The van der Waals surface area contributed by atoms with Gasteiger partial charge in [-0.25, -0.2) is 4.39 Å². The van der Waals surface area contributed by atoms with Crippen molar-refractivity contribution < 1.29 is 18.9 Å². The number of halogens is 2. The number of nitrogens with zero attached hydrogens (tertiary/aromatic N) is 2. The zero-order chi connectivity index (χ0) is 20.0. The van der Waals surface area contributed by atoms with Gasteiger partial charge in [-0.1, -0.05) is 22.0 Å². The van der Waals surface area contributed by atoms with Crippen molar-refractivity contribution in [2.45, 2.75) is 13.5 Å². The average Bonchev–Trinajstić information content (AvgIpc) is 2.66. The topological polar surface area (TPSA) is 92.6 Å². The highest BCUT2D eigenvalue weighted by Crippen LogP contribution is 2.17. The van der Waals surface area contributed by atoms with E-state index >= 15 is 0 Å². The number of carbonyl (C=O) groups is 2. The molecule has 0 aromatic heterocycles. The second-order valence-corrected chi connectivity index (χ2v) is 6.55. The summed E-state index contributed by atoms with van der Waals surface area (Å²) < 4.78 is 14.6. The fourth-order valence-electron chi connectivity index (χ4n) is 2.38. The van der Waals surface area contributed by atoms with E-state index in [0.29, 0.717) is 16.6 Å². The summed E-state index contributed by atoms with van der Waals surface area (Å²) in [6, 6.07) is 9.68. The maximum Gasteiger partial charge on any atom is 0.270 e. The van der Waals surface area contributed by atoms with Crippen LogP contribution in [0.1, 0.15) is 22.8 Å². The lowest BCUT2D eigenvalue weighted by molar-refractivity contribution is -0.384. The summed E-state index contributed by atoms with van der Waals surface area (Å²) in [7, 11) is 0. The van der Waals surface area contributed by atoms with Gasteiger partial charge >= 0.3 is 0 Å². The summed E-state index contributed by atoms with van der Waals surface area (Å²) in [4.78, 5) is 36.0. The van der Waals surface area contributed by atoms with E-state index < -0.39 is 22.6 Å². The third kappa shape index (κ3) is 5.58. The van der Waals surface area contributed by atoms with Gasteiger partial charge in [-0.3, -0.25) is 19.7 Å². The number of benzene rings is 2. The number of nitrogens with one attached hydrogen (secondary N) is 1. The predicted molar refractivity (Wildman–Crippen MR) is 101 cm³/mol. The average molecular weight is 438 g/mol. The lowest BCUT2D eigenvalue weighted by atomic mass is 10.2. The van der Waals surface area contributed by atoms with Gasteiger partial charge in [-0.05, 0) is 31.2 Å².